The molecule has 2 rings (SSSR count). The molecule has 0 saturated carbocycles. The van der Waals surface area contributed by atoms with Crippen molar-refractivity contribution >= 4 is 17.7 Å². The van der Waals surface area contributed by atoms with E-state index in [-0.39, 0.29) is 11.3 Å². The third-order valence-electron chi connectivity index (χ3n) is 3.71. The zero-order chi connectivity index (χ0) is 13.7. The number of rotatable bonds is 6. The summed E-state index contributed by atoms with van der Waals surface area (Å²) in [6, 6.07) is 3.86. The molecule has 1 aromatic rings. The largest absolute Gasteiger partial charge is 0.466 e. The SMILES string of the molecule is CCCCC(CC)C(=O)N1CCSC1c1ccco1. The molecule has 1 amide bonds. The minimum Gasteiger partial charge on any atom is -0.466 e. The minimum absolute atomic E-state index is 0.0816. The van der Waals surface area contributed by atoms with Crippen LogP contribution in [0.3, 0.4) is 0 Å². The second-order valence-electron chi connectivity index (χ2n) is 5.02. The van der Waals surface area contributed by atoms with Gasteiger partial charge in [-0.3, -0.25) is 4.79 Å². The Morgan fingerprint density at radius 2 is 2.42 bits per heavy atom. The van der Waals surface area contributed by atoms with E-state index in [0.717, 1.165) is 43.7 Å². The van der Waals surface area contributed by atoms with E-state index in [9.17, 15) is 4.79 Å². The lowest BCUT2D eigenvalue weighted by Crippen LogP contribution is -2.35. The van der Waals surface area contributed by atoms with Gasteiger partial charge in [0.25, 0.3) is 0 Å². The van der Waals surface area contributed by atoms with E-state index in [0.29, 0.717) is 5.91 Å². The highest BCUT2D eigenvalue weighted by Crippen LogP contribution is 2.39. The minimum atomic E-state index is 0.0816. The van der Waals surface area contributed by atoms with Crippen molar-refractivity contribution in [3.05, 3.63) is 24.2 Å². The van der Waals surface area contributed by atoms with Gasteiger partial charge < -0.3 is 9.32 Å². The second kappa shape index (κ2) is 7.04. The third-order valence-corrected chi connectivity index (χ3v) is 4.93. The summed E-state index contributed by atoms with van der Waals surface area (Å²) in [5, 5.41) is 0.0816. The Kier molecular flexibility index (Phi) is 5.37. The van der Waals surface area contributed by atoms with E-state index in [1.807, 2.05) is 17.0 Å². The van der Waals surface area contributed by atoms with Gasteiger partial charge in [-0.1, -0.05) is 26.7 Å². The molecule has 4 heteroatoms. The first-order chi connectivity index (χ1) is 9.27. The molecular formula is C15H23NO2S. The van der Waals surface area contributed by atoms with Gasteiger partial charge in [0.1, 0.15) is 11.1 Å². The molecule has 1 saturated heterocycles. The molecule has 0 aromatic carbocycles. The molecule has 1 aliphatic rings. The van der Waals surface area contributed by atoms with Gasteiger partial charge in [0.15, 0.2) is 0 Å². The smallest absolute Gasteiger partial charge is 0.226 e. The lowest BCUT2D eigenvalue weighted by atomic mass is 9.97. The highest BCUT2D eigenvalue weighted by atomic mass is 32.2. The average Bonchev–Trinajstić information content (AvgIpc) is 3.09. The van der Waals surface area contributed by atoms with E-state index in [1.54, 1.807) is 18.0 Å². The van der Waals surface area contributed by atoms with Crippen LogP contribution in [0.5, 0.6) is 0 Å². The molecule has 1 fully saturated rings. The summed E-state index contributed by atoms with van der Waals surface area (Å²) in [6.07, 6.45) is 5.92. The van der Waals surface area contributed by atoms with E-state index in [2.05, 4.69) is 13.8 Å². The number of furan rings is 1. The van der Waals surface area contributed by atoms with Crippen molar-refractivity contribution in [3.8, 4) is 0 Å². The number of nitrogens with zero attached hydrogens (tertiary/aromatic N) is 1. The first-order valence-corrected chi connectivity index (χ1v) is 8.28. The Morgan fingerprint density at radius 3 is 3.05 bits per heavy atom. The van der Waals surface area contributed by atoms with Gasteiger partial charge >= 0.3 is 0 Å². The summed E-state index contributed by atoms with van der Waals surface area (Å²) in [5.41, 5.74) is 0. The average molecular weight is 281 g/mol. The maximum atomic E-state index is 12.7. The van der Waals surface area contributed by atoms with Gasteiger partial charge in [-0.15, -0.1) is 11.8 Å². The molecule has 0 radical (unpaired) electrons. The predicted molar refractivity (Wildman–Crippen MR) is 78.9 cm³/mol. The molecule has 1 aliphatic heterocycles. The van der Waals surface area contributed by atoms with Crippen molar-refractivity contribution in [2.75, 3.05) is 12.3 Å². The van der Waals surface area contributed by atoms with E-state index in [4.69, 9.17) is 4.42 Å². The van der Waals surface area contributed by atoms with Crippen molar-refractivity contribution < 1.29 is 9.21 Å². The number of carbonyl (C=O) groups is 1. The lowest BCUT2D eigenvalue weighted by Gasteiger charge is -2.26. The molecule has 1 aromatic heterocycles. The maximum absolute atomic E-state index is 12.7. The molecule has 19 heavy (non-hydrogen) atoms. The Balaban J connectivity index is 2.04. The van der Waals surface area contributed by atoms with E-state index in [1.165, 1.54) is 0 Å². The molecular weight excluding hydrogens is 258 g/mol. The van der Waals surface area contributed by atoms with Crippen molar-refractivity contribution in [1.29, 1.82) is 0 Å². The summed E-state index contributed by atoms with van der Waals surface area (Å²) >= 11 is 1.80. The summed E-state index contributed by atoms with van der Waals surface area (Å²) < 4.78 is 5.48. The molecule has 0 spiro atoms. The Labute approximate surface area is 119 Å². The number of unbranched alkanes of at least 4 members (excludes halogenated alkanes) is 1. The molecule has 106 valence electrons. The standard InChI is InChI=1S/C15H23NO2S/c1-3-5-7-12(4-2)14(17)16-9-11-19-15(16)13-8-6-10-18-13/h6,8,10,12,15H,3-5,7,9,11H2,1-2H3. The van der Waals surface area contributed by atoms with E-state index < -0.39 is 0 Å². The van der Waals surface area contributed by atoms with Crippen LogP contribution in [0, 0.1) is 5.92 Å². The van der Waals surface area contributed by atoms with Crippen molar-refractivity contribution in [3.63, 3.8) is 0 Å². The Hall–Kier alpha value is -0.900. The molecule has 0 aliphatic carbocycles. The fourth-order valence-corrected chi connectivity index (χ4v) is 3.76. The topological polar surface area (TPSA) is 33.5 Å². The van der Waals surface area contributed by atoms with Crippen LogP contribution in [-0.2, 0) is 4.79 Å². The van der Waals surface area contributed by atoms with Crippen LogP contribution >= 0.6 is 11.8 Å². The molecule has 3 nitrogen and oxygen atoms in total. The fourth-order valence-electron chi connectivity index (χ4n) is 2.55. The fraction of sp³-hybridized carbons (Fsp3) is 0.667. The van der Waals surface area contributed by atoms with Crippen LogP contribution in [0.15, 0.2) is 22.8 Å². The zero-order valence-corrected chi connectivity index (χ0v) is 12.6. The second-order valence-corrected chi connectivity index (χ2v) is 6.21. The number of carbonyl (C=O) groups excluding carboxylic acids is 1. The lowest BCUT2D eigenvalue weighted by molar-refractivity contribution is -0.136. The predicted octanol–water partition coefficient (Wildman–Crippen LogP) is 4.07. The summed E-state index contributed by atoms with van der Waals surface area (Å²) in [7, 11) is 0. The summed E-state index contributed by atoms with van der Waals surface area (Å²) in [6.45, 7) is 5.13. The van der Waals surface area contributed by atoms with Gasteiger partial charge in [0.05, 0.1) is 6.26 Å². The van der Waals surface area contributed by atoms with Crippen LogP contribution in [0.4, 0.5) is 0 Å². The van der Waals surface area contributed by atoms with Crippen LogP contribution in [-0.4, -0.2) is 23.1 Å². The third kappa shape index (κ3) is 3.35. The summed E-state index contributed by atoms with van der Waals surface area (Å²) in [4.78, 5) is 14.7. The quantitative estimate of drug-likeness (QED) is 0.788. The Bertz CT molecular complexity index is 391. The van der Waals surface area contributed by atoms with Crippen LogP contribution in [0.2, 0.25) is 0 Å². The molecule has 2 unspecified atom stereocenters. The highest BCUT2D eigenvalue weighted by molar-refractivity contribution is 7.99. The van der Waals surface area contributed by atoms with Crippen molar-refractivity contribution in [2.45, 2.75) is 44.9 Å². The highest BCUT2D eigenvalue weighted by Gasteiger charge is 2.34. The number of hydrogen-bond donors (Lipinski definition) is 0. The first-order valence-electron chi connectivity index (χ1n) is 7.23. The first kappa shape index (κ1) is 14.5. The molecule has 0 N–H and O–H groups in total. The number of thioether (sulfide) groups is 1. The van der Waals surface area contributed by atoms with Crippen LogP contribution in [0.1, 0.15) is 50.7 Å². The normalized spacial score (nSPS) is 20.7. The van der Waals surface area contributed by atoms with Gasteiger partial charge in [0.2, 0.25) is 5.91 Å². The summed E-state index contributed by atoms with van der Waals surface area (Å²) in [5.74, 6) is 2.39. The maximum Gasteiger partial charge on any atom is 0.226 e. The van der Waals surface area contributed by atoms with Crippen LogP contribution < -0.4 is 0 Å². The molecule has 2 heterocycles. The monoisotopic (exact) mass is 281 g/mol. The molecule has 0 bridgehead atoms. The van der Waals surface area contributed by atoms with Gasteiger partial charge in [-0.2, -0.15) is 0 Å². The zero-order valence-electron chi connectivity index (χ0n) is 11.8. The van der Waals surface area contributed by atoms with Crippen molar-refractivity contribution in [2.24, 2.45) is 5.92 Å². The van der Waals surface area contributed by atoms with Gasteiger partial charge in [-0.25, -0.2) is 0 Å². The van der Waals surface area contributed by atoms with Crippen molar-refractivity contribution in [1.82, 2.24) is 4.90 Å². The van der Waals surface area contributed by atoms with Gasteiger partial charge in [-0.05, 0) is 25.0 Å². The van der Waals surface area contributed by atoms with E-state index >= 15 is 0 Å². The number of hydrogen-bond acceptors (Lipinski definition) is 3. The van der Waals surface area contributed by atoms with Gasteiger partial charge in [0, 0.05) is 18.2 Å². The Morgan fingerprint density at radius 1 is 1.58 bits per heavy atom. The number of amides is 1. The van der Waals surface area contributed by atoms with Crippen LogP contribution in [0.25, 0.3) is 0 Å². The molecule has 2 atom stereocenters.